The van der Waals surface area contributed by atoms with Crippen LogP contribution in [0.4, 0.5) is 4.39 Å². The summed E-state index contributed by atoms with van der Waals surface area (Å²) in [4.78, 5) is 16.4. The molecule has 29 heavy (non-hydrogen) atoms. The van der Waals surface area contributed by atoms with Crippen LogP contribution in [0.25, 0.3) is 5.65 Å². The minimum atomic E-state index is -0.376. The Kier molecular flexibility index (Phi) is 5.76. The van der Waals surface area contributed by atoms with E-state index in [0.717, 1.165) is 10.7 Å². The highest BCUT2D eigenvalue weighted by atomic mass is 32.2. The second kappa shape index (κ2) is 8.78. The predicted octanol–water partition coefficient (Wildman–Crippen LogP) is 2.92. The maximum Gasteiger partial charge on any atom is 0.251 e. The first-order chi connectivity index (χ1) is 14.2. The van der Waals surface area contributed by atoms with Crippen molar-refractivity contribution in [1.82, 2.24) is 30.1 Å². The van der Waals surface area contributed by atoms with E-state index in [-0.39, 0.29) is 11.7 Å². The summed E-state index contributed by atoms with van der Waals surface area (Å²) >= 11 is 1.58. The summed E-state index contributed by atoms with van der Waals surface area (Å²) in [6.07, 6.45) is 2.24. The summed E-state index contributed by atoms with van der Waals surface area (Å²) in [5.74, 6) is 0.724. The molecule has 0 unspecified atom stereocenters. The quantitative estimate of drug-likeness (QED) is 0.473. The molecule has 0 bridgehead atoms. The molecule has 3 heterocycles. The molecule has 1 N–H and O–H groups in total. The van der Waals surface area contributed by atoms with E-state index in [1.54, 1.807) is 22.5 Å². The Hall–Kier alpha value is -3.33. The van der Waals surface area contributed by atoms with Crippen molar-refractivity contribution in [3.8, 4) is 0 Å². The molecule has 1 aromatic carbocycles. The van der Waals surface area contributed by atoms with Crippen molar-refractivity contribution in [2.45, 2.75) is 17.2 Å². The lowest BCUT2D eigenvalue weighted by Gasteiger charge is -2.05. The molecule has 7 nitrogen and oxygen atoms in total. The van der Waals surface area contributed by atoms with E-state index in [9.17, 15) is 9.18 Å². The molecule has 0 radical (unpaired) electrons. The van der Waals surface area contributed by atoms with E-state index < -0.39 is 0 Å². The van der Waals surface area contributed by atoms with Crippen molar-refractivity contribution in [2.75, 3.05) is 6.54 Å². The topological polar surface area (TPSA) is 85.1 Å². The zero-order valence-electron chi connectivity index (χ0n) is 15.3. The van der Waals surface area contributed by atoms with Crippen LogP contribution in [0.3, 0.4) is 0 Å². The zero-order chi connectivity index (χ0) is 20.1. The van der Waals surface area contributed by atoms with Crippen LogP contribution in [0.5, 0.6) is 0 Å². The van der Waals surface area contributed by atoms with Gasteiger partial charge in [0.15, 0.2) is 11.5 Å². The van der Waals surface area contributed by atoms with Gasteiger partial charge in [0.25, 0.3) is 5.91 Å². The number of halogens is 1. The minimum Gasteiger partial charge on any atom is -0.352 e. The van der Waals surface area contributed by atoms with E-state index in [4.69, 9.17) is 0 Å². The molecule has 0 aliphatic rings. The van der Waals surface area contributed by atoms with E-state index in [2.05, 4.69) is 25.6 Å². The number of benzene rings is 1. The fourth-order valence-corrected chi connectivity index (χ4v) is 3.44. The molecule has 0 fully saturated rings. The minimum absolute atomic E-state index is 0.265. The van der Waals surface area contributed by atoms with Crippen LogP contribution in [-0.2, 0) is 12.2 Å². The second-order valence-corrected chi connectivity index (χ2v) is 7.18. The molecule has 4 rings (SSSR count). The van der Waals surface area contributed by atoms with Gasteiger partial charge in [0.1, 0.15) is 10.8 Å². The van der Waals surface area contributed by atoms with Gasteiger partial charge in [-0.25, -0.2) is 4.39 Å². The number of carbonyl (C=O) groups is 1. The van der Waals surface area contributed by atoms with Crippen molar-refractivity contribution in [3.05, 3.63) is 83.7 Å². The van der Waals surface area contributed by atoms with Crippen molar-refractivity contribution >= 4 is 23.3 Å². The van der Waals surface area contributed by atoms with Gasteiger partial charge < -0.3 is 5.32 Å². The molecule has 0 aliphatic heterocycles. The van der Waals surface area contributed by atoms with Gasteiger partial charge in [-0.2, -0.15) is 9.61 Å². The van der Waals surface area contributed by atoms with Gasteiger partial charge in [0.2, 0.25) is 0 Å². The fraction of sp³-hybridized carbons (Fsp3) is 0.150. The van der Waals surface area contributed by atoms with E-state index in [1.165, 1.54) is 24.3 Å². The Morgan fingerprint density at radius 1 is 1.07 bits per heavy atom. The Morgan fingerprint density at radius 2 is 1.93 bits per heavy atom. The SMILES string of the molecule is O=C(NCCc1nnc2ccc(SCc3ccccn3)nn12)c1ccc(F)cc1. The number of pyridine rings is 1. The van der Waals surface area contributed by atoms with Crippen LogP contribution in [-0.4, -0.2) is 37.2 Å². The number of rotatable bonds is 7. The van der Waals surface area contributed by atoms with Gasteiger partial charge in [-0.05, 0) is 48.5 Å². The predicted molar refractivity (Wildman–Crippen MR) is 107 cm³/mol. The third-order valence-corrected chi connectivity index (χ3v) is 5.09. The van der Waals surface area contributed by atoms with Gasteiger partial charge in [-0.15, -0.1) is 10.2 Å². The van der Waals surface area contributed by atoms with Gasteiger partial charge in [0, 0.05) is 30.5 Å². The Morgan fingerprint density at radius 3 is 2.72 bits per heavy atom. The molecule has 4 aromatic rings. The Bertz CT molecular complexity index is 1120. The first kappa shape index (κ1) is 19.0. The smallest absolute Gasteiger partial charge is 0.251 e. The Balaban J connectivity index is 1.38. The van der Waals surface area contributed by atoms with E-state index in [0.29, 0.717) is 35.8 Å². The first-order valence-electron chi connectivity index (χ1n) is 8.97. The third-order valence-electron chi connectivity index (χ3n) is 4.14. The maximum atomic E-state index is 13.0. The number of hydrogen-bond donors (Lipinski definition) is 1. The standard InChI is InChI=1S/C20H17FN6OS/c21-15-6-4-14(5-7-15)20(28)23-12-10-18-25-24-17-8-9-19(26-27(17)18)29-13-16-3-1-2-11-22-16/h1-9,11H,10,12-13H2,(H,23,28). The number of carbonyl (C=O) groups excluding carboxylic acids is 1. The largest absolute Gasteiger partial charge is 0.352 e. The summed E-state index contributed by atoms with van der Waals surface area (Å²) in [6.45, 7) is 0.365. The maximum absolute atomic E-state index is 13.0. The molecule has 9 heteroatoms. The second-order valence-electron chi connectivity index (χ2n) is 6.18. The number of nitrogens with zero attached hydrogens (tertiary/aromatic N) is 5. The summed E-state index contributed by atoms with van der Waals surface area (Å²) in [5.41, 5.74) is 2.03. The van der Waals surface area contributed by atoms with E-state index in [1.807, 2.05) is 30.3 Å². The molecule has 0 aliphatic carbocycles. The van der Waals surface area contributed by atoms with Gasteiger partial charge in [-0.1, -0.05) is 17.8 Å². The number of hydrogen-bond acceptors (Lipinski definition) is 6. The molecule has 3 aromatic heterocycles. The molecule has 0 saturated heterocycles. The van der Waals surface area contributed by atoms with Crippen LogP contribution in [0, 0.1) is 5.82 Å². The van der Waals surface area contributed by atoms with E-state index >= 15 is 0 Å². The van der Waals surface area contributed by atoms with Crippen LogP contribution in [0.15, 0.2) is 65.8 Å². The number of amides is 1. The molecular weight excluding hydrogens is 391 g/mol. The highest BCUT2D eigenvalue weighted by Gasteiger charge is 2.10. The number of aromatic nitrogens is 5. The highest BCUT2D eigenvalue weighted by Crippen LogP contribution is 2.20. The van der Waals surface area contributed by atoms with Crippen LogP contribution in [0.2, 0.25) is 0 Å². The normalized spacial score (nSPS) is 10.9. The number of nitrogens with one attached hydrogen (secondary N) is 1. The molecule has 1 amide bonds. The monoisotopic (exact) mass is 408 g/mol. The zero-order valence-corrected chi connectivity index (χ0v) is 16.1. The molecule has 0 spiro atoms. The Labute approximate surface area is 170 Å². The average Bonchev–Trinajstić information content (AvgIpc) is 3.16. The average molecular weight is 408 g/mol. The summed E-state index contributed by atoms with van der Waals surface area (Å²) in [7, 11) is 0. The summed E-state index contributed by atoms with van der Waals surface area (Å²) in [6, 6.07) is 15.0. The number of thioether (sulfide) groups is 1. The van der Waals surface area contributed by atoms with Gasteiger partial charge in [0.05, 0.1) is 5.69 Å². The lowest BCUT2D eigenvalue weighted by atomic mass is 10.2. The summed E-state index contributed by atoms with van der Waals surface area (Å²) < 4.78 is 14.6. The van der Waals surface area contributed by atoms with Gasteiger partial charge in [-0.3, -0.25) is 9.78 Å². The summed E-state index contributed by atoms with van der Waals surface area (Å²) in [5, 5.41) is 16.5. The lowest BCUT2D eigenvalue weighted by Crippen LogP contribution is -2.26. The van der Waals surface area contributed by atoms with Crippen LogP contribution in [0.1, 0.15) is 21.9 Å². The molecule has 0 atom stereocenters. The fourth-order valence-electron chi connectivity index (χ4n) is 2.67. The van der Waals surface area contributed by atoms with Crippen molar-refractivity contribution in [3.63, 3.8) is 0 Å². The van der Waals surface area contributed by atoms with Gasteiger partial charge >= 0.3 is 0 Å². The van der Waals surface area contributed by atoms with Crippen molar-refractivity contribution in [2.24, 2.45) is 0 Å². The van der Waals surface area contributed by atoms with Crippen LogP contribution >= 0.6 is 11.8 Å². The molecular formula is C20H17FN6OS. The van der Waals surface area contributed by atoms with Crippen molar-refractivity contribution < 1.29 is 9.18 Å². The lowest BCUT2D eigenvalue weighted by molar-refractivity contribution is 0.0954. The molecule has 0 saturated carbocycles. The molecule has 146 valence electrons. The number of fused-ring (bicyclic) bond motifs is 1. The van der Waals surface area contributed by atoms with Crippen LogP contribution < -0.4 is 5.32 Å². The van der Waals surface area contributed by atoms with Crippen molar-refractivity contribution in [1.29, 1.82) is 0 Å². The third kappa shape index (κ3) is 4.75. The highest BCUT2D eigenvalue weighted by molar-refractivity contribution is 7.98. The first-order valence-corrected chi connectivity index (χ1v) is 9.95.